The number of halogens is 1. The highest BCUT2D eigenvalue weighted by Gasteiger charge is 2.21. The van der Waals surface area contributed by atoms with Crippen LogP contribution in [0.15, 0.2) is 28.7 Å². The monoisotopic (exact) mass is 355 g/mol. The zero-order valence-corrected chi connectivity index (χ0v) is 15.1. The molecule has 0 spiro atoms. The quantitative estimate of drug-likeness (QED) is 0.789. The number of carbonyl (C=O) groups excluding carboxylic acids is 1. The van der Waals surface area contributed by atoms with Crippen molar-refractivity contribution in [2.24, 2.45) is 0 Å². The minimum atomic E-state index is 0.0278. The highest BCUT2D eigenvalue weighted by molar-refractivity contribution is 9.10. The van der Waals surface area contributed by atoms with E-state index in [2.05, 4.69) is 59.4 Å². The van der Waals surface area contributed by atoms with Crippen LogP contribution < -0.4 is 10.6 Å². The summed E-state index contributed by atoms with van der Waals surface area (Å²) < 4.78 is 1.00. The largest absolute Gasteiger partial charge is 0.326 e. The summed E-state index contributed by atoms with van der Waals surface area (Å²) in [6.45, 7) is 7.23. The van der Waals surface area contributed by atoms with Gasteiger partial charge in [0.25, 0.3) is 0 Å². The first kappa shape index (κ1) is 18.1. The first-order chi connectivity index (χ1) is 9.70. The van der Waals surface area contributed by atoms with Crippen LogP contribution in [0.25, 0.3) is 0 Å². The minimum absolute atomic E-state index is 0.0278. The van der Waals surface area contributed by atoms with E-state index >= 15 is 0 Å². The van der Waals surface area contributed by atoms with Crippen molar-refractivity contribution in [1.29, 1.82) is 0 Å². The van der Waals surface area contributed by atoms with Gasteiger partial charge in [-0.25, -0.2) is 0 Å². The number of hydrogen-bond donors (Lipinski definition) is 2. The fourth-order valence-corrected chi connectivity index (χ4v) is 1.94. The molecule has 1 unspecified atom stereocenters. The van der Waals surface area contributed by atoms with Crippen LogP contribution in [0.3, 0.4) is 0 Å². The summed E-state index contributed by atoms with van der Waals surface area (Å²) in [7, 11) is 4.12. The van der Waals surface area contributed by atoms with E-state index < -0.39 is 0 Å². The molecule has 0 aliphatic heterocycles. The fourth-order valence-electron chi connectivity index (χ4n) is 1.68. The number of nitrogens with zero attached hydrogens (tertiary/aromatic N) is 1. The second-order valence-corrected chi connectivity index (χ2v) is 7.16. The third-order valence-electron chi connectivity index (χ3n) is 3.71. The standard InChI is InChI=1S/C16H26BrN3O/c1-12(18-11-16(2,3)20(4)5)10-15(21)19-14-8-6-13(17)7-9-14/h6-9,12,18H,10-11H2,1-5H3,(H,19,21). The van der Waals surface area contributed by atoms with E-state index in [9.17, 15) is 4.79 Å². The van der Waals surface area contributed by atoms with Crippen LogP contribution in [0.2, 0.25) is 0 Å². The van der Waals surface area contributed by atoms with Gasteiger partial charge >= 0.3 is 0 Å². The van der Waals surface area contributed by atoms with E-state index in [0.29, 0.717) is 6.42 Å². The Labute approximate surface area is 136 Å². The van der Waals surface area contributed by atoms with Crippen molar-refractivity contribution < 1.29 is 4.79 Å². The van der Waals surface area contributed by atoms with Crippen molar-refractivity contribution >= 4 is 27.5 Å². The summed E-state index contributed by atoms with van der Waals surface area (Å²) in [5.41, 5.74) is 0.889. The molecule has 1 atom stereocenters. The number of likely N-dealkylation sites (N-methyl/N-ethyl adjacent to an activating group) is 1. The molecule has 0 aliphatic carbocycles. The second kappa shape index (κ2) is 7.92. The fraction of sp³-hybridized carbons (Fsp3) is 0.562. The van der Waals surface area contributed by atoms with Gasteiger partial charge in [0.1, 0.15) is 0 Å². The highest BCUT2D eigenvalue weighted by atomic mass is 79.9. The SMILES string of the molecule is CC(CC(=O)Nc1ccc(Br)cc1)NCC(C)(C)N(C)C. The molecule has 0 saturated carbocycles. The van der Waals surface area contributed by atoms with Crippen LogP contribution >= 0.6 is 15.9 Å². The molecule has 0 saturated heterocycles. The second-order valence-electron chi connectivity index (χ2n) is 6.25. The third-order valence-corrected chi connectivity index (χ3v) is 4.24. The van der Waals surface area contributed by atoms with E-state index in [1.54, 1.807) is 0 Å². The molecule has 5 heteroatoms. The lowest BCUT2D eigenvalue weighted by Crippen LogP contribution is -2.49. The van der Waals surface area contributed by atoms with E-state index in [-0.39, 0.29) is 17.5 Å². The van der Waals surface area contributed by atoms with Crippen LogP contribution in [-0.2, 0) is 4.79 Å². The van der Waals surface area contributed by atoms with Crippen LogP contribution in [0.4, 0.5) is 5.69 Å². The predicted octanol–water partition coefficient (Wildman–Crippen LogP) is 3.10. The maximum absolute atomic E-state index is 12.0. The van der Waals surface area contributed by atoms with Crippen molar-refractivity contribution in [3.63, 3.8) is 0 Å². The summed E-state index contributed by atoms with van der Waals surface area (Å²) >= 11 is 3.38. The van der Waals surface area contributed by atoms with E-state index in [4.69, 9.17) is 0 Å². The van der Waals surface area contributed by atoms with E-state index in [1.165, 1.54) is 0 Å². The summed E-state index contributed by atoms with van der Waals surface area (Å²) in [6, 6.07) is 7.73. The number of anilines is 1. The zero-order valence-electron chi connectivity index (χ0n) is 13.5. The molecule has 0 fully saturated rings. The van der Waals surface area contributed by atoms with Crippen LogP contribution in [0, 0.1) is 0 Å². The van der Waals surface area contributed by atoms with Gasteiger partial charge in [-0.05, 0) is 59.1 Å². The molecule has 0 aromatic heterocycles. The van der Waals surface area contributed by atoms with Gasteiger partial charge in [0.05, 0.1) is 0 Å². The molecule has 0 bridgehead atoms. The van der Waals surface area contributed by atoms with Crippen LogP contribution in [0.1, 0.15) is 27.2 Å². The summed E-state index contributed by atoms with van der Waals surface area (Å²) in [5.74, 6) is 0.0278. The molecule has 21 heavy (non-hydrogen) atoms. The maximum atomic E-state index is 12.0. The van der Waals surface area contributed by atoms with Gasteiger partial charge in [-0.15, -0.1) is 0 Å². The molecule has 0 aliphatic rings. The average molecular weight is 356 g/mol. The van der Waals surface area contributed by atoms with Crippen LogP contribution in [0.5, 0.6) is 0 Å². The Morgan fingerprint density at radius 3 is 2.38 bits per heavy atom. The van der Waals surface area contributed by atoms with Crippen molar-refractivity contribution in [3.05, 3.63) is 28.7 Å². The number of benzene rings is 1. The molecule has 1 aromatic carbocycles. The molecule has 118 valence electrons. The smallest absolute Gasteiger partial charge is 0.225 e. The molecular formula is C16H26BrN3O. The first-order valence-electron chi connectivity index (χ1n) is 7.17. The molecule has 2 N–H and O–H groups in total. The summed E-state index contributed by atoms with van der Waals surface area (Å²) in [6.07, 6.45) is 0.458. The Morgan fingerprint density at radius 1 is 1.29 bits per heavy atom. The molecular weight excluding hydrogens is 330 g/mol. The Balaban J connectivity index is 2.39. The summed E-state index contributed by atoms with van der Waals surface area (Å²) in [4.78, 5) is 14.2. The Morgan fingerprint density at radius 2 is 1.86 bits per heavy atom. The average Bonchev–Trinajstić information content (AvgIpc) is 2.39. The molecule has 1 aromatic rings. The highest BCUT2D eigenvalue weighted by Crippen LogP contribution is 2.14. The molecule has 0 radical (unpaired) electrons. The topological polar surface area (TPSA) is 44.4 Å². The maximum Gasteiger partial charge on any atom is 0.225 e. The number of carbonyl (C=O) groups is 1. The zero-order chi connectivity index (χ0) is 16.0. The molecule has 0 heterocycles. The van der Waals surface area contributed by atoms with Crippen molar-refractivity contribution in [3.8, 4) is 0 Å². The normalized spacial score (nSPS) is 13.3. The molecule has 4 nitrogen and oxygen atoms in total. The van der Waals surface area contributed by atoms with Gasteiger partial charge in [-0.3, -0.25) is 4.79 Å². The minimum Gasteiger partial charge on any atom is -0.326 e. The number of rotatable bonds is 7. The van der Waals surface area contributed by atoms with E-state index in [1.807, 2.05) is 31.2 Å². The first-order valence-corrected chi connectivity index (χ1v) is 7.96. The molecule has 1 rings (SSSR count). The number of hydrogen-bond acceptors (Lipinski definition) is 3. The van der Waals surface area contributed by atoms with Crippen molar-refractivity contribution in [1.82, 2.24) is 10.2 Å². The Kier molecular flexibility index (Phi) is 6.84. The van der Waals surface area contributed by atoms with E-state index in [0.717, 1.165) is 16.7 Å². The van der Waals surface area contributed by atoms with Gasteiger partial charge < -0.3 is 15.5 Å². The lowest BCUT2D eigenvalue weighted by Gasteiger charge is -2.34. The van der Waals surface area contributed by atoms with Crippen molar-refractivity contribution in [2.75, 3.05) is 26.0 Å². The number of amides is 1. The molecule has 1 amide bonds. The van der Waals surface area contributed by atoms with Gasteiger partial charge in [0, 0.05) is 34.7 Å². The number of nitrogens with one attached hydrogen (secondary N) is 2. The predicted molar refractivity (Wildman–Crippen MR) is 92.6 cm³/mol. The van der Waals surface area contributed by atoms with Gasteiger partial charge in [0.15, 0.2) is 0 Å². The lowest BCUT2D eigenvalue weighted by atomic mass is 10.0. The Hall–Kier alpha value is -0.910. The van der Waals surface area contributed by atoms with Gasteiger partial charge in [-0.1, -0.05) is 15.9 Å². The Bertz CT molecular complexity index is 457. The van der Waals surface area contributed by atoms with Crippen LogP contribution in [-0.4, -0.2) is 43.0 Å². The van der Waals surface area contributed by atoms with Crippen molar-refractivity contribution in [2.45, 2.75) is 38.8 Å². The van der Waals surface area contributed by atoms with Gasteiger partial charge in [-0.2, -0.15) is 0 Å². The lowest BCUT2D eigenvalue weighted by molar-refractivity contribution is -0.116. The third kappa shape index (κ3) is 6.59. The van der Waals surface area contributed by atoms with Gasteiger partial charge in [0.2, 0.25) is 5.91 Å². The summed E-state index contributed by atoms with van der Waals surface area (Å²) in [5, 5.41) is 6.33.